The van der Waals surface area contributed by atoms with Gasteiger partial charge in [0.1, 0.15) is 0 Å². The number of hydrogen-bond donors (Lipinski definition) is 1. The van der Waals surface area contributed by atoms with Crippen molar-refractivity contribution in [3.8, 4) is 0 Å². The topological polar surface area (TPSA) is 42.8 Å². The largest absolute Gasteiger partial charge is 0.381 e. The third-order valence-electron chi connectivity index (χ3n) is 3.57. The molecule has 0 saturated carbocycles. The fourth-order valence-corrected chi connectivity index (χ4v) is 2.90. The van der Waals surface area contributed by atoms with Crippen LogP contribution in [0.1, 0.15) is 19.4 Å². The Bertz CT molecular complexity index is 583. The molecule has 4 nitrogen and oxygen atoms in total. The van der Waals surface area contributed by atoms with E-state index in [4.69, 9.17) is 17.0 Å². The average Bonchev–Trinajstić information content (AvgIpc) is 2.94. The van der Waals surface area contributed by atoms with Crippen molar-refractivity contribution in [2.75, 3.05) is 13.2 Å². The number of ether oxygens (including phenoxy) is 1. The van der Waals surface area contributed by atoms with Crippen LogP contribution in [-0.2, 0) is 4.74 Å². The molecule has 1 saturated heterocycles. The summed E-state index contributed by atoms with van der Waals surface area (Å²) in [7, 11) is 0. The lowest BCUT2D eigenvalue weighted by molar-refractivity contribution is 0.175. The van der Waals surface area contributed by atoms with E-state index >= 15 is 0 Å². The van der Waals surface area contributed by atoms with Crippen molar-refractivity contribution in [2.45, 2.75) is 19.4 Å². The quantitative estimate of drug-likeness (QED) is 0.832. The van der Waals surface area contributed by atoms with Crippen LogP contribution in [0.15, 0.2) is 18.5 Å². The number of pyridine rings is 1. The number of H-pyrrole nitrogens is 1. The lowest BCUT2D eigenvalue weighted by Crippen LogP contribution is -2.16. The molecule has 0 spiro atoms. The van der Waals surface area contributed by atoms with E-state index in [0.717, 1.165) is 35.4 Å². The number of aromatic amines is 1. The van der Waals surface area contributed by atoms with E-state index in [0.29, 0.717) is 12.0 Å². The van der Waals surface area contributed by atoms with Crippen LogP contribution in [0.25, 0.3) is 11.0 Å². The summed E-state index contributed by atoms with van der Waals surface area (Å²) in [6, 6.07) is 2.37. The van der Waals surface area contributed by atoms with Crippen molar-refractivity contribution >= 4 is 23.3 Å². The van der Waals surface area contributed by atoms with Gasteiger partial charge in [-0.3, -0.25) is 4.98 Å². The Morgan fingerprint density at radius 3 is 3.29 bits per heavy atom. The van der Waals surface area contributed by atoms with Gasteiger partial charge in [0.15, 0.2) is 4.77 Å². The highest BCUT2D eigenvalue weighted by Crippen LogP contribution is 2.29. The first-order chi connectivity index (χ1) is 8.27. The zero-order chi connectivity index (χ0) is 11.8. The number of imidazole rings is 1. The second-order valence-corrected chi connectivity index (χ2v) is 4.94. The summed E-state index contributed by atoms with van der Waals surface area (Å²) in [6.07, 6.45) is 4.74. The molecule has 1 fully saturated rings. The van der Waals surface area contributed by atoms with Crippen molar-refractivity contribution in [3.63, 3.8) is 0 Å². The molecule has 1 N–H and O–H groups in total. The van der Waals surface area contributed by atoms with E-state index in [-0.39, 0.29) is 0 Å². The summed E-state index contributed by atoms with van der Waals surface area (Å²) in [4.78, 5) is 7.31. The van der Waals surface area contributed by atoms with Gasteiger partial charge >= 0.3 is 0 Å². The van der Waals surface area contributed by atoms with Crippen LogP contribution in [0.5, 0.6) is 0 Å². The van der Waals surface area contributed by atoms with Crippen molar-refractivity contribution < 1.29 is 4.74 Å². The lowest BCUT2D eigenvalue weighted by atomic mass is 10.0. The minimum Gasteiger partial charge on any atom is -0.381 e. The predicted molar refractivity (Wildman–Crippen MR) is 68.6 cm³/mol. The summed E-state index contributed by atoms with van der Waals surface area (Å²) in [5, 5.41) is 0. The van der Waals surface area contributed by atoms with Gasteiger partial charge in [-0.05, 0) is 31.6 Å². The maximum Gasteiger partial charge on any atom is 0.178 e. The van der Waals surface area contributed by atoms with Crippen LogP contribution < -0.4 is 0 Å². The molecule has 0 radical (unpaired) electrons. The molecule has 17 heavy (non-hydrogen) atoms. The van der Waals surface area contributed by atoms with E-state index in [1.807, 2.05) is 12.3 Å². The Hall–Kier alpha value is -1.20. The van der Waals surface area contributed by atoms with Crippen molar-refractivity contribution in [1.29, 1.82) is 0 Å². The van der Waals surface area contributed by atoms with Gasteiger partial charge in [0, 0.05) is 24.8 Å². The molecule has 3 heterocycles. The second kappa shape index (κ2) is 4.23. The van der Waals surface area contributed by atoms with E-state index in [1.165, 1.54) is 0 Å². The molecule has 2 unspecified atom stereocenters. The van der Waals surface area contributed by atoms with E-state index in [2.05, 4.69) is 21.5 Å². The third kappa shape index (κ3) is 1.79. The lowest BCUT2D eigenvalue weighted by Gasteiger charge is -2.20. The van der Waals surface area contributed by atoms with Gasteiger partial charge in [-0.15, -0.1) is 0 Å². The molecule has 0 aliphatic carbocycles. The van der Waals surface area contributed by atoms with Gasteiger partial charge in [-0.1, -0.05) is 0 Å². The number of fused-ring (bicyclic) bond motifs is 1. The molecule has 2 aromatic heterocycles. The van der Waals surface area contributed by atoms with Gasteiger partial charge < -0.3 is 14.3 Å². The monoisotopic (exact) mass is 249 g/mol. The van der Waals surface area contributed by atoms with Crippen molar-refractivity contribution in [3.05, 3.63) is 23.2 Å². The molecule has 5 heteroatoms. The Balaban J connectivity index is 2.09. The maximum absolute atomic E-state index is 5.46. The summed E-state index contributed by atoms with van der Waals surface area (Å²) in [5.41, 5.74) is 2.13. The number of nitrogens with one attached hydrogen (secondary N) is 1. The van der Waals surface area contributed by atoms with Crippen LogP contribution >= 0.6 is 12.2 Å². The van der Waals surface area contributed by atoms with Crippen LogP contribution in [-0.4, -0.2) is 27.7 Å². The van der Waals surface area contributed by atoms with E-state index < -0.39 is 0 Å². The second-order valence-electron chi connectivity index (χ2n) is 4.56. The zero-order valence-electron chi connectivity index (χ0n) is 9.72. The first-order valence-corrected chi connectivity index (χ1v) is 6.30. The maximum atomic E-state index is 5.46. The SMILES string of the molecule is CC(C1CCOC1)n1c(=S)[nH]c2cnccc21. The Labute approximate surface area is 105 Å². The average molecular weight is 249 g/mol. The minimum absolute atomic E-state index is 0.362. The number of nitrogens with zero attached hydrogens (tertiary/aromatic N) is 2. The predicted octanol–water partition coefficient (Wildman–Crippen LogP) is 2.69. The Morgan fingerprint density at radius 1 is 1.65 bits per heavy atom. The third-order valence-corrected chi connectivity index (χ3v) is 3.87. The molecule has 2 atom stereocenters. The Morgan fingerprint density at radius 2 is 2.53 bits per heavy atom. The van der Waals surface area contributed by atoms with Crippen LogP contribution in [0.2, 0.25) is 0 Å². The fourth-order valence-electron chi connectivity index (χ4n) is 2.53. The zero-order valence-corrected chi connectivity index (χ0v) is 10.5. The molecule has 0 bridgehead atoms. The van der Waals surface area contributed by atoms with Crippen LogP contribution in [0.3, 0.4) is 0 Å². The number of aromatic nitrogens is 3. The first-order valence-electron chi connectivity index (χ1n) is 5.89. The normalized spacial score (nSPS) is 22.1. The van der Waals surface area contributed by atoms with E-state index in [9.17, 15) is 0 Å². The molecule has 1 aliphatic heterocycles. The standard InChI is InChI=1S/C12H15N3OS/c1-8(9-3-5-16-7-9)15-11-2-4-13-6-10(11)14-12(15)17/h2,4,6,8-9H,3,5,7H2,1H3,(H,14,17). The fraction of sp³-hybridized carbons (Fsp3) is 0.500. The molecule has 90 valence electrons. The number of hydrogen-bond acceptors (Lipinski definition) is 3. The molecule has 0 aromatic carbocycles. The summed E-state index contributed by atoms with van der Waals surface area (Å²) >= 11 is 5.40. The summed E-state index contributed by atoms with van der Waals surface area (Å²) in [5.74, 6) is 0.550. The van der Waals surface area contributed by atoms with Gasteiger partial charge in [-0.25, -0.2) is 0 Å². The molecular weight excluding hydrogens is 234 g/mol. The molecule has 3 rings (SSSR count). The van der Waals surface area contributed by atoms with Crippen molar-refractivity contribution in [2.24, 2.45) is 5.92 Å². The van der Waals surface area contributed by atoms with Crippen molar-refractivity contribution in [1.82, 2.24) is 14.5 Å². The van der Waals surface area contributed by atoms with Gasteiger partial charge in [0.2, 0.25) is 0 Å². The highest BCUT2D eigenvalue weighted by atomic mass is 32.1. The van der Waals surface area contributed by atoms with Crippen LogP contribution in [0, 0.1) is 10.7 Å². The smallest absolute Gasteiger partial charge is 0.178 e. The summed E-state index contributed by atoms with van der Waals surface area (Å²) < 4.78 is 8.42. The Kier molecular flexibility index (Phi) is 2.72. The van der Waals surface area contributed by atoms with Gasteiger partial charge in [0.05, 0.1) is 23.8 Å². The number of rotatable bonds is 2. The van der Waals surface area contributed by atoms with Gasteiger partial charge in [-0.2, -0.15) is 0 Å². The molecular formula is C12H15N3OS. The summed E-state index contributed by atoms with van der Waals surface area (Å²) in [6.45, 7) is 3.91. The van der Waals surface area contributed by atoms with Gasteiger partial charge in [0.25, 0.3) is 0 Å². The highest BCUT2D eigenvalue weighted by molar-refractivity contribution is 7.71. The first kappa shape index (κ1) is 10.9. The molecule has 0 amide bonds. The van der Waals surface area contributed by atoms with Crippen LogP contribution in [0.4, 0.5) is 0 Å². The minimum atomic E-state index is 0.362. The highest BCUT2D eigenvalue weighted by Gasteiger charge is 2.25. The molecule has 1 aliphatic rings. The molecule has 2 aromatic rings. The van der Waals surface area contributed by atoms with E-state index in [1.54, 1.807) is 6.20 Å².